The molecule has 4 rings (SSSR count). The van der Waals surface area contributed by atoms with E-state index in [1.807, 2.05) is 0 Å². The summed E-state index contributed by atoms with van der Waals surface area (Å²) in [7, 11) is 0. The first kappa shape index (κ1) is 17.8. The standard InChI is InChI=1S/C19H17F4N3O/c1-10-8-11(2-4-15(10)19(21,22)23)25-18(27)26-12-3-5-16(26)13-6-7-24-17(20)14(13)9-12/h2,4,6-8,12,16H,3,5,9H2,1H3,(H,25,27)/t12-,16+/m0/s1. The van der Waals surface area contributed by atoms with Crippen molar-refractivity contribution in [3.63, 3.8) is 0 Å². The predicted octanol–water partition coefficient (Wildman–Crippen LogP) is 4.84. The third-order valence-corrected chi connectivity index (χ3v) is 5.36. The van der Waals surface area contributed by atoms with E-state index in [-0.39, 0.29) is 23.7 Å². The minimum Gasteiger partial charge on any atom is -0.314 e. The maximum absolute atomic E-state index is 14.0. The highest BCUT2D eigenvalue weighted by Crippen LogP contribution is 2.44. The van der Waals surface area contributed by atoms with Crippen molar-refractivity contribution in [1.29, 1.82) is 0 Å². The van der Waals surface area contributed by atoms with Crippen LogP contribution in [-0.2, 0) is 12.6 Å². The molecule has 8 heteroatoms. The number of halogens is 4. The molecule has 1 fully saturated rings. The topological polar surface area (TPSA) is 45.2 Å². The summed E-state index contributed by atoms with van der Waals surface area (Å²) in [5.41, 5.74) is 0.932. The Morgan fingerprint density at radius 2 is 2.04 bits per heavy atom. The number of nitrogens with one attached hydrogen (secondary N) is 1. The summed E-state index contributed by atoms with van der Waals surface area (Å²) in [6.45, 7) is 1.36. The van der Waals surface area contributed by atoms with Gasteiger partial charge in [-0.25, -0.2) is 9.78 Å². The highest BCUT2D eigenvalue weighted by Gasteiger charge is 2.43. The molecule has 2 amide bonds. The number of benzene rings is 1. The van der Waals surface area contributed by atoms with Gasteiger partial charge in [-0.05, 0) is 61.6 Å². The van der Waals surface area contributed by atoms with E-state index in [2.05, 4.69) is 10.3 Å². The van der Waals surface area contributed by atoms with E-state index < -0.39 is 17.7 Å². The number of pyridine rings is 1. The van der Waals surface area contributed by atoms with Crippen molar-refractivity contribution < 1.29 is 22.4 Å². The van der Waals surface area contributed by atoms with Gasteiger partial charge in [-0.3, -0.25) is 0 Å². The number of anilines is 1. The number of aromatic nitrogens is 1. The second-order valence-electron chi connectivity index (χ2n) is 6.99. The Kier molecular flexibility index (Phi) is 4.09. The molecule has 142 valence electrons. The molecule has 1 aromatic heterocycles. The molecule has 0 aliphatic carbocycles. The second kappa shape index (κ2) is 6.21. The van der Waals surface area contributed by atoms with Crippen LogP contribution in [-0.4, -0.2) is 22.0 Å². The number of urea groups is 1. The quantitative estimate of drug-likeness (QED) is 0.569. The highest BCUT2D eigenvalue weighted by atomic mass is 19.4. The van der Waals surface area contributed by atoms with Crippen molar-refractivity contribution in [2.24, 2.45) is 0 Å². The van der Waals surface area contributed by atoms with E-state index in [0.717, 1.165) is 24.5 Å². The largest absolute Gasteiger partial charge is 0.416 e. The molecule has 2 aliphatic heterocycles. The number of hydrogen-bond donors (Lipinski definition) is 1. The number of rotatable bonds is 1. The van der Waals surface area contributed by atoms with E-state index in [1.165, 1.54) is 25.3 Å². The van der Waals surface area contributed by atoms with E-state index in [0.29, 0.717) is 17.7 Å². The molecule has 0 saturated carbocycles. The summed E-state index contributed by atoms with van der Waals surface area (Å²) in [5, 5.41) is 2.69. The maximum Gasteiger partial charge on any atom is 0.416 e. The van der Waals surface area contributed by atoms with Gasteiger partial charge in [0, 0.05) is 23.5 Å². The molecule has 0 radical (unpaired) electrons. The summed E-state index contributed by atoms with van der Waals surface area (Å²) >= 11 is 0. The Morgan fingerprint density at radius 1 is 1.26 bits per heavy atom. The number of nitrogens with zero attached hydrogens (tertiary/aromatic N) is 2. The zero-order chi connectivity index (χ0) is 19.3. The van der Waals surface area contributed by atoms with Crippen LogP contribution in [0.3, 0.4) is 0 Å². The van der Waals surface area contributed by atoms with Crippen LogP contribution < -0.4 is 5.32 Å². The SMILES string of the molecule is Cc1cc(NC(=O)N2[C@H]3CC[C@@H]2c2ccnc(F)c2C3)ccc1C(F)(F)F. The van der Waals surface area contributed by atoms with E-state index in [4.69, 9.17) is 0 Å². The average Bonchev–Trinajstić information content (AvgIpc) is 2.90. The zero-order valence-electron chi connectivity index (χ0n) is 14.5. The Morgan fingerprint density at radius 3 is 2.74 bits per heavy atom. The fourth-order valence-corrected chi connectivity index (χ4v) is 4.17. The lowest BCUT2D eigenvalue weighted by Gasteiger charge is -2.36. The van der Waals surface area contributed by atoms with Crippen LogP contribution in [0.2, 0.25) is 0 Å². The number of aryl methyl sites for hydroxylation is 1. The Labute approximate surface area is 153 Å². The Hall–Kier alpha value is -2.64. The monoisotopic (exact) mass is 379 g/mol. The molecule has 1 saturated heterocycles. The average molecular weight is 379 g/mol. The molecular weight excluding hydrogens is 362 g/mol. The molecule has 1 aromatic carbocycles. The third-order valence-electron chi connectivity index (χ3n) is 5.36. The lowest BCUT2D eigenvalue weighted by Crippen LogP contribution is -2.44. The first-order valence-electron chi connectivity index (χ1n) is 8.66. The van der Waals surface area contributed by atoms with Crippen molar-refractivity contribution in [2.75, 3.05) is 5.32 Å². The number of carbonyl (C=O) groups excluding carboxylic acids is 1. The van der Waals surface area contributed by atoms with Crippen LogP contribution in [0, 0.1) is 12.9 Å². The first-order chi connectivity index (χ1) is 12.8. The fourth-order valence-electron chi connectivity index (χ4n) is 4.17. The van der Waals surface area contributed by atoms with Gasteiger partial charge < -0.3 is 10.2 Å². The summed E-state index contributed by atoms with van der Waals surface area (Å²) in [6.07, 6.45) is -1.17. The van der Waals surface area contributed by atoms with Gasteiger partial charge >= 0.3 is 12.2 Å². The van der Waals surface area contributed by atoms with E-state index in [1.54, 1.807) is 11.0 Å². The van der Waals surface area contributed by atoms with Crippen LogP contribution in [0.25, 0.3) is 0 Å². The molecule has 4 nitrogen and oxygen atoms in total. The summed E-state index contributed by atoms with van der Waals surface area (Å²) in [4.78, 5) is 18.2. The van der Waals surface area contributed by atoms with Crippen LogP contribution in [0.15, 0.2) is 30.5 Å². The molecule has 2 bridgehead atoms. The lowest BCUT2D eigenvalue weighted by molar-refractivity contribution is -0.138. The van der Waals surface area contributed by atoms with Gasteiger partial charge in [0.25, 0.3) is 0 Å². The van der Waals surface area contributed by atoms with Gasteiger partial charge in [0.1, 0.15) is 0 Å². The Bertz CT molecular complexity index is 912. The number of carbonyl (C=O) groups is 1. The molecule has 3 heterocycles. The smallest absolute Gasteiger partial charge is 0.314 e. The summed E-state index contributed by atoms with van der Waals surface area (Å²) in [5.74, 6) is -0.497. The van der Waals surface area contributed by atoms with E-state index >= 15 is 0 Å². The van der Waals surface area contributed by atoms with Crippen molar-refractivity contribution in [3.05, 3.63) is 58.7 Å². The molecule has 1 N–H and O–H groups in total. The van der Waals surface area contributed by atoms with Crippen molar-refractivity contribution in [3.8, 4) is 0 Å². The molecule has 2 atom stereocenters. The number of amides is 2. The number of hydrogen-bond acceptors (Lipinski definition) is 2. The van der Waals surface area contributed by atoms with Crippen LogP contribution in [0.4, 0.5) is 28.0 Å². The second-order valence-corrected chi connectivity index (χ2v) is 6.99. The van der Waals surface area contributed by atoms with Crippen LogP contribution in [0.5, 0.6) is 0 Å². The van der Waals surface area contributed by atoms with Crippen molar-refractivity contribution in [1.82, 2.24) is 9.88 Å². The van der Waals surface area contributed by atoms with Gasteiger partial charge in [-0.15, -0.1) is 0 Å². The van der Waals surface area contributed by atoms with Crippen LogP contribution >= 0.6 is 0 Å². The molecule has 27 heavy (non-hydrogen) atoms. The zero-order valence-corrected chi connectivity index (χ0v) is 14.5. The van der Waals surface area contributed by atoms with Gasteiger partial charge in [0.05, 0.1) is 11.6 Å². The molecular formula is C19H17F4N3O. The third kappa shape index (κ3) is 3.02. The summed E-state index contributed by atoms with van der Waals surface area (Å²) < 4.78 is 52.6. The van der Waals surface area contributed by atoms with Gasteiger partial charge in [-0.2, -0.15) is 17.6 Å². The number of fused-ring (bicyclic) bond motifs is 4. The minimum atomic E-state index is -4.43. The van der Waals surface area contributed by atoms with Gasteiger partial charge in [0.15, 0.2) is 0 Å². The number of alkyl halides is 3. The maximum atomic E-state index is 14.0. The summed E-state index contributed by atoms with van der Waals surface area (Å²) in [6, 6.07) is 4.48. The highest BCUT2D eigenvalue weighted by molar-refractivity contribution is 5.90. The molecule has 2 aliphatic rings. The van der Waals surface area contributed by atoms with Gasteiger partial charge in [0.2, 0.25) is 5.95 Å². The predicted molar refractivity (Wildman–Crippen MR) is 90.7 cm³/mol. The minimum absolute atomic E-state index is 0.0420. The van der Waals surface area contributed by atoms with Crippen LogP contribution in [0.1, 0.15) is 41.1 Å². The lowest BCUT2D eigenvalue weighted by atomic mass is 9.95. The molecule has 2 aromatic rings. The fraction of sp³-hybridized carbons (Fsp3) is 0.368. The Balaban J connectivity index is 1.57. The normalized spacial score (nSPS) is 21.1. The van der Waals surface area contributed by atoms with Crippen molar-refractivity contribution in [2.45, 2.75) is 44.4 Å². The van der Waals surface area contributed by atoms with Gasteiger partial charge in [-0.1, -0.05) is 0 Å². The molecule has 0 spiro atoms. The van der Waals surface area contributed by atoms with Crippen molar-refractivity contribution >= 4 is 11.7 Å². The first-order valence-corrected chi connectivity index (χ1v) is 8.66. The molecule has 0 unspecified atom stereocenters. The van der Waals surface area contributed by atoms with E-state index in [9.17, 15) is 22.4 Å².